The highest BCUT2D eigenvalue weighted by molar-refractivity contribution is 5.87. The molecular formula is C13H18O2. The lowest BCUT2D eigenvalue weighted by Gasteiger charge is -2.11. The van der Waals surface area contributed by atoms with Gasteiger partial charge in [0.1, 0.15) is 0 Å². The normalized spacial score (nSPS) is 12.4. The third kappa shape index (κ3) is 3.39. The molecule has 15 heavy (non-hydrogen) atoms. The first-order valence-corrected chi connectivity index (χ1v) is 5.48. The van der Waals surface area contributed by atoms with Crippen LogP contribution in [0.5, 0.6) is 0 Å². The van der Waals surface area contributed by atoms with Crippen molar-refractivity contribution in [2.75, 3.05) is 0 Å². The molecule has 0 aliphatic heterocycles. The van der Waals surface area contributed by atoms with Gasteiger partial charge in [0.15, 0.2) is 0 Å². The van der Waals surface area contributed by atoms with Crippen LogP contribution in [0.15, 0.2) is 24.3 Å². The second-order valence-electron chi connectivity index (χ2n) is 3.97. The molecule has 1 rings (SSSR count). The second kappa shape index (κ2) is 5.54. The SMILES string of the molecule is CCCCC(C)c1cccc(C(=O)O)c1. The Hall–Kier alpha value is -1.31. The number of benzene rings is 1. The average molecular weight is 206 g/mol. The Labute approximate surface area is 90.9 Å². The number of carboxylic acid groups (broad SMARTS) is 1. The maximum Gasteiger partial charge on any atom is 0.335 e. The van der Waals surface area contributed by atoms with E-state index in [2.05, 4.69) is 13.8 Å². The summed E-state index contributed by atoms with van der Waals surface area (Å²) in [4.78, 5) is 10.8. The van der Waals surface area contributed by atoms with Gasteiger partial charge in [-0.2, -0.15) is 0 Å². The summed E-state index contributed by atoms with van der Waals surface area (Å²) in [7, 11) is 0. The molecule has 1 aromatic rings. The molecule has 0 radical (unpaired) electrons. The summed E-state index contributed by atoms with van der Waals surface area (Å²) >= 11 is 0. The molecular weight excluding hydrogens is 188 g/mol. The van der Waals surface area contributed by atoms with Gasteiger partial charge in [0, 0.05) is 0 Å². The van der Waals surface area contributed by atoms with Gasteiger partial charge in [-0.05, 0) is 30.0 Å². The third-order valence-electron chi connectivity index (χ3n) is 2.69. The summed E-state index contributed by atoms with van der Waals surface area (Å²) in [6.45, 7) is 4.32. The molecule has 0 heterocycles. The van der Waals surface area contributed by atoms with Gasteiger partial charge in [0.25, 0.3) is 0 Å². The molecule has 0 aromatic heterocycles. The zero-order valence-corrected chi connectivity index (χ0v) is 9.36. The number of carbonyl (C=O) groups is 1. The quantitative estimate of drug-likeness (QED) is 0.798. The molecule has 0 aliphatic carbocycles. The fraction of sp³-hybridized carbons (Fsp3) is 0.462. The number of hydrogen-bond donors (Lipinski definition) is 1. The van der Waals surface area contributed by atoms with Crippen LogP contribution in [0.25, 0.3) is 0 Å². The minimum Gasteiger partial charge on any atom is -0.478 e. The first-order valence-electron chi connectivity index (χ1n) is 5.48. The first kappa shape index (κ1) is 11.8. The maximum absolute atomic E-state index is 10.8. The van der Waals surface area contributed by atoms with Crippen molar-refractivity contribution in [3.05, 3.63) is 35.4 Å². The van der Waals surface area contributed by atoms with Gasteiger partial charge in [0.2, 0.25) is 0 Å². The molecule has 0 fully saturated rings. The number of carboxylic acids is 1. The molecule has 1 atom stereocenters. The maximum atomic E-state index is 10.8. The predicted molar refractivity (Wildman–Crippen MR) is 61.3 cm³/mol. The van der Waals surface area contributed by atoms with E-state index in [-0.39, 0.29) is 0 Å². The summed E-state index contributed by atoms with van der Waals surface area (Å²) in [5.74, 6) is -0.399. The van der Waals surface area contributed by atoms with Crippen LogP contribution < -0.4 is 0 Å². The van der Waals surface area contributed by atoms with Gasteiger partial charge >= 0.3 is 5.97 Å². The number of aromatic carboxylic acids is 1. The Morgan fingerprint density at radius 3 is 2.80 bits per heavy atom. The monoisotopic (exact) mass is 206 g/mol. The lowest BCUT2D eigenvalue weighted by Crippen LogP contribution is -1.99. The molecule has 0 amide bonds. The van der Waals surface area contributed by atoms with Crippen LogP contribution in [0.1, 0.15) is 54.9 Å². The number of hydrogen-bond acceptors (Lipinski definition) is 1. The van der Waals surface area contributed by atoms with E-state index in [0.29, 0.717) is 11.5 Å². The molecule has 82 valence electrons. The fourth-order valence-electron chi connectivity index (χ4n) is 1.66. The zero-order valence-electron chi connectivity index (χ0n) is 9.36. The van der Waals surface area contributed by atoms with Crippen LogP contribution in [0, 0.1) is 0 Å². The summed E-state index contributed by atoms with van der Waals surface area (Å²) in [6, 6.07) is 7.25. The van der Waals surface area contributed by atoms with Crippen LogP contribution in [0.2, 0.25) is 0 Å². The molecule has 1 N–H and O–H groups in total. The minimum atomic E-state index is -0.848. The van der Waals surface area contributed by atoms with Gasteiger partial charge in [-0.25, -0.2) is 4.79 Å². The average Bonchev–Trinajstić information content (AvgIpc) is 2.26. The Balaban J connectivity index is 2.76. The fourth-order valence-corrected chi connectivity index (χ4v) is 1.66. The Bertz CT molecular complexity index is 331. The first-order chi connectivity index (χ1) is 7.15. The molecule has 0 bridgehead atoms. The molecule has 1 aromatic carbocycles. The highest BCUT2D eigenvalue weighted by Gasteiger charge is 2.08. The molecule has 2 nitrogen and oxygen atoms in total. The van der Waals surface area contributed by atoms with Crippen molar-refractivity contribution in [2.24, 2.45) is 0 Å². The Kier molecular flexibility index (Phi) is 4.35. The standard InChI is InChI=1S/C13H18O2/c1-3-4-6-10(2)11-7-5-8-12(9-11)13(14)15/h5,7-10H,3-4,6H2,1-2H3,(H,14,15). The van der Waals surface area contributed by atoms with E-state index in [1.165, 1.54) is 12.8 Å². The molecule has 0 spiro atoms. The second-order valence-corrected chi connectivity index (χ2v) is 3.97. The molecule has 2 heteroatoms. The highest BCUT2D eigenvalue weighted by Crippen LogP contribution is 2.22. The van der Waals surface area contributed by atoms with Crippen molar-refractivity contribution in [1.29, 1.82) is 0 Å². The Morgan fingerprint density at radius 2 is 2.20 bits per heavy atom. The number of unbranched alkanes of at least 4 members (excludes halogenated alkanes) is 1. The van der Waals surface area contributed by atoms with Crippen molar-refractivity contribution >= 4 is 5.97 Å². The predicted octanol–water partition coefficient (Wildman–Crippen LogP) is 3.68. The van der Waals surface area contributed by atoms with Gasteiger partial charge < -0.3 is 5.11 Å². The van der Waals surface area contributed by atoms with Gasteiger partial charge in [-0.3, -0.25) is 0 Å². The lowest BCUT2D eigenvalue weighted by molar-refractivity contribution is 0.0696. The van der Waals surface area contributed by atoms with Gasteiger partial charge in [-0.15, -0.1) is 0 Å². The zero-order chi connectivity index (χ0) is 11.3. The van der Waals surface area contributed by atoms with E-state index in [1.807, 2.05) is 12.1 Å². The van der Waals surface area contributed by atoms with Crippen LogP contribution >= 0.6 is 0 Å². The van der Waals surface area contributed by atoms with Crippen molar-refractivity contribution in [1.82, 2.24) is 0 Å². The molecule has 0 aliphatic rings. The third-order valence-corrected chi connectivity index (χ3v) is 2.69. The van der Waals surface area contributed by atoms with Crippen LogP contribution in [0.3, 0.4) is 0 Å². The topological polar surface area (TPSA) is 37.3 Å². The Morgan fingerprint density at radius 1 is 1.47 bits per heavy atom. The summed E-state index contributed by atoms with van der Waals surface area (Å²) < 4.78 is 0. The summed E-state index contributed by atoms with van der Waals surface area (Å²) in [5, 5.41) is 8.87. The molecule has 1 unspecified atom stereocenters. The van der Waals surface area contributed by atoms with E-state index < -0.39 is 5.97 Å². The van der Waals surface area contributed by atoms with Crippen LogP contribution in [-0.2, 0) is 0 Å². The van der Waals surface area contributed by atoms with Crippen molar-refractivity contribution in [2.45, 2.75) is 39.0 Å². The highest BCUT2D eigenvalue weighted by atomic mass is 16.4. The van der Waals surface area contributed by atoms with E-state index in [9.17, 15) is 4.79 Å². The van der Waals surface area contributed by atoms with Crippen LogP contribution in [-0.4, -0.2) is 11.1 Å². The van der Waals surface area contributed by atoms with Crippen molar-refractivity contribution < 1.29 is 9.90 Å². The van der Waals surface area contributed by atoms with Gasteiger partial charge in [0.05, 0.1) is 5.56 Å². The molecule has 0 saturated heterocycles. The van der Waals surface area contributed by atoms with Crippen LogP contribution in [0.4, 0.5) is 0 Å². The number of rotatable bonds is 5. The lowest BCUT2D eigenvalue weighted by atomic mass is 9.94. The van der Waals surface area contributed by atoms with E-state index in [4.69, 9.17) is 5.11 Å². The minimum absolute atomic E-state index is 0.385. The van der Waals surface area contributed by atoms with Crippen molar-refractivity contribution in [3.8, 4) is 0 Å². The summed E-state index contributed by atoms with van der Waals surface area (Å²) in [6.07, 6.45) is 3.50. The smallest absolute Gasteiger partial charge is 0.335 e. The van der Waals surface area contributed by atoms with Gasteiger partial charge in [-0.1, -0.05) is 38.8 Å². The van der Waals surface area contributed by atoms with E-state index in [0.717, 1.165) is 12.0 Å². The summed E-state index contributed by atoms with van der Waals surface area (Å²) in [5.41, 5.74) is 1.51. The van der Waals surface area contributed by atoms with E-state index in [1.54, 1.807) is 12.1 Å². The largest absolute Gasteiger partial charge is 0.478 e. The van der Waals surface area contributed by atoms with E-state index >= 15 is 0 Å². The molecule has 0 saturated carbocycles. The van der Waals surface area contributed by atoms with Crippen molar-refractivity contribution in [3.63, 3.8) is 0 Å².